The molecule has 3 nitrogen and oxygen atoms in total. The molecule has 96 valence electrons. The summed E-state index contributed by atoms with van der Waals surface area (Å²) < 4.78 is 28.7. The Morgan fingerprint density at radius 2 is 2.06 bits per heavy atom. The van der Waals surface area contributed by atoms with E-state index in [4.69, 9.17) is 0 Å². The van der Waals surface area contributed by atoms with Gasteiger partial charge in [-0.1, -0.05) is 0 Å². The molecule has 1 aromatic carbocycles. The number of nitrogens with zero attached hydrogens (tertiary/aromatic N) is 2. The van der Waals surface area contributed by atoms with Crippen molar-refractivity contribution in [3.63, 3.8) is 0 Å². The van der Waals surface area contributed by atoms with Crippen LogP contribution in [0.15, 0.2) is 24.5 Å². The zero-order valence-electron chi connectivity index (χ0n) is 10.4. The molecule has 2 rings (SSSR count). The number of hydrogen-bond acceptors (Lipinski definition) is 2. The van der Waals surface area contributed by atoms with E-state index in [9.17, 15) is 8.78 Å². The van der Waals surface area contributed by atoms with Gasteiger partial charge in [0.2, 0.25) is 0 Å². The Hall–Kier alpha value is -1.91. The second kappa shape index (κ2) is 5.16. The van der Waals surface area contributed by atoms with Gasteiger partial charge in [-0.15, -0.1) is 0 Å². The predicted octanol–water partition coefficient (Wildman–Crippen LogP) is 3.10. The summed E-state index contributed by atoms with van der Waals surface area (Å²) >= 11 is 0. The highest BCUT2D eigenvalue weighted by Crippen LogP contribution is 2.19. The van der Waals surface area contributed by atoms with Crippen molar-refractivity contribution in [1.82, 2.24) is 9.78 Å². The summed E-state index contributed by atoms with van der Waals surface area (Å²) in [5.41, 5.74) is 1.40. The lowest BCUT2D eigenvalue weighted by molar-refractivity contribution is 0.594. The quantitative estimate of drug-likeness (QED) is 0.904. The van der Waals surface area contributed by atoms with Crippen molar-refractivity contribution in [2.45, 2.75) is 26.9 Å². The fourth-order valence-electron chi connectivity index (χ4n) is 1.65. The molecule has 0 aliphatic carbocycles. The van der Waals surface area contributed by atoms with Crippen LogP contribution in [0, 0.1) is 18.6 Å². The minimum Gasteiger partial charge on any atom is -0.378 e. The van der Waals surface area contributed by atoms with Crippen LogP contribution in [-0.4, -0.2) is 9.78 Å². The van der Waals surface area contributed by atoms with Crippen molar-refractivity contribution < 1.29 is 8.78 Å². The number of halogens is 2. The lowest BCUT2D eigenvalue weighted by atomic mass is 10.2. The van der Waals surface area contributed by atoms with E-state index >= 15 is 0 Å². The van der Waals surface area contributed by atoms with Crippen molar-refractivity contribution >= 4 is 5.69 Å². The van der Waals surface area contributed by atoms with Crippen molar-refractivity contribution in [2.24, 2.45) is 0 Å². The zero-order chi connectivity index (χ0) is 13.1. The first-order chi connectivity index (χ1) is 8.60. The highest BCUT2D eigenvalue weighted by molar-refractivity contribution is 5.47. The highest BCUT2D eigenvalue weighted by Gasteiger charge is 2.07. The molecule has 0 atom stereocenters. The topological polar surface area (TPSA) is 29.9 Å². The molecule has 0 unspecified atom stereocenters. The summed E-state index contributed by atoms with van der Waals surface area (Å²) in [6, 6.07) is 2.36. The molecule has 18 heavy (non-hydrogen) atoms. The second-order valence-electron chi connectivity index (χ2n) is 4.14. The maximum absolute atomic E-state index is 13.6. The molecule has 0 aliphatic heterocycles. The van der Waals surface area contributed by atoms with Crippen LogP contribution in [-0.2, 0) is 13.1 Å². The molecule has 5 heteroatoms. The van der Waals surface area contributed by atoms with Gasteiger partial charge in [-0.3, -0.25) is 4.68 Å². The molecular formula is C13H15F2N3. The van der Waals surface area contributed by atoms with Gasteiger partial charge in [0, 0.05) is 30.9 Å². The predicted molar refractivity (Wildman–Crippen MR) is 66.3 cm³/mol. The maximum atomic E-state index is 13.6. The largest absolute Gasteiger partial charge is 0.378 e. The second-order valence-corrected chi connectivity index (χ2v) is 4.14. The summed E-state index contributed by atoms with van der Waals surface area (Å²) in [7, 11) is 0. The Balaban J connectivity index is 2.08. The van der Waals surface area contributed by atoms with Gasteiger partial charge in [0.1, 0.15) is 11.6 Å². The van der Waals surface area contributed by atoms with Gasteiger partial charge in [0.05, 0.1) is 11.9 Å². The molecule has 1 aromatic heterocycles. The average molecular weight is 251 g/mol. The molecule has 0 bridgehead atoms. The van der Waals surface area contributed by atoms with Gasteiger partial charge in [0.15, 0.2) is 0 Å². The molecule has 0 aliphatic rings. The van der Waals surface area contributed by atoms with Gasteiger partial charge < -0.3 is 5.32 Å². The van der Waals surface area contributed by atoms with Crippen LogP contribution < -0.4 is 5.32 Å². The maximum Gasteiger partial charge on any atom is 0.146 e. The van der Waals surface area contributed by atoms with Gasteiger partial charge >= 0.3 is 0 Å². The number of benzene rings is 1. The molecule has 0 radical (unpaired) electrons. The fraction of sp³-hybridized carbons (Fsp3) is 0.308. The third-order valence-corrected chi connectivity index (χ3v) is 2.74. The van der Waals surface area contributed by atoms with Crippen molar-refractivity contribution in [3.05, 3.63) is 47.3 Å². The van der Waals surface area contributed by atoms with Crippen LogP contribution in [0.2, 0.25) is 0 Å². The number of aryl methyl sites for hydroxylation is 2. The molecule has 0 fully saturated rings. The molecule has 2 aromatic rings. The van der Waals surface area contributed by atoms with E-state index < -0.39 is 11.6 Å². The third-order valence-electron chi connectivity index (χ3n) is 2.74. The fourth-order valence-corrected chi connectivity index (χ4v) is 1.65. The van der Waals surface area contributed by atoms with Crippen molar-refractivity contribution in [1.29, 1.82) is 0 Å². The van der Waals surface area contributed by atoms with E-state index in [-0.39, 0.29) is 5.69 Å². The summed E-state index contributed by atoms with van der Waals surface area (Å²) in [6.07, 6.45) is 3.58. The lowest BCUT2D eigenvalue weighted by Crippen LogP contribution is -2.02. The van der Waals surface area contributed by atoms with Crippen LogP contribution in [0.3, 0.4) is 0 Å². The molecular weight excluding hydrogens is 236 g/mol. The summed E-state index contributed by atoms with van der Waals surface area (Å²) in [5.74, 6) is -0.861. The van der Waals surface area contributed by atoms with Gasteiger partial charge in [-0.2, -0.15) is 5.10 Å². The summed E-state index contributed by atoms with van der Waals surface area (Å²) in [6.45, 7) is 4.72. The number of nitrogens with one attached hydrogen (secondary N) is 1. The van der Waals surface area contributed by atoms with E-state index in [1.165, 1.54) is 19.1 Å². The molecule has 0 spiro atoms. The Labute approximate surface area is 104 Å². The molecule has 1 heterocycles. The van der Waals surface area contributed by atoms with Crippen LogP contribution in [0.4, 0.5) is 14.5 Å². The van der Waals surface area contributed by atoms with Gasteiger partial charge in [0.25, 0.3) is 0 Å². The Kier molecular flexibility index (Phi) is 3.60. The Morgan fingerprint density at radius 1 is 1.28 bits per heavy atom. The molecule has 0 saturated heterocycles. The number of anilines is 1. The van der Waals surface area contributed by atoms with Crippen molar-refractivity contribution in [2.75, 3.05) is 5.32 Å². The van der Waals surface area contributed by atoms with Crippen LogP contribution >= 0.6 is 0 Å². The lowest BCUT2D eigenvalue weighted by Gasteiger charge is -2.07. The minimum atomic E-state index is -0.447. The van der Waals surface area contributed by atoms with Gasteiger partial charge in [-0.05, 0) is 25.5 Å². The monoisotopic (exact) mass is 251 g/mol. The van der Waals surface area contributed by atoms with E-state index in [1.807, 2.05) is 13.1 Å². The van der Waals surface area contributed by atoms with E-state index in [2.05, 4.69) is 10.4 Å². The summed E-state index contributed by atoms with van der Waals surface area (Å²) in [4.78, 5) is 0. The Bertz CT molecular complexity index is 549. The Morgan fingerprint density at radius 3 is 2.72 bits per heavy atom. The van der Waals surface area contributed by atoms with Crippen molar-refractivity contribution in [3.8, 4) is 0 Å². The van der Waals surface area contributed by atoms with Crippen LogP contribution in [0.25, 0.3) is 0 Å². The number of aromatic nitrogens is 2. The molecule has 0 saturated carbocycles. The van der Waals surface area contributed by atoms with E-state index in [0.29, 0.717) is 12.1 Å². The zero-order valence-corrected chi connectivity index (χ0v) is 10.4. The number of hydrogen-bond donors (Lipinski definition) is 1. The average Bonchev–Trinajstić information content (AvgIpc) is 2.80. The first-order valence-electron chi connectivity index (χ1n) is 5.81. The molecule has 0 amide bonds. The molecule has 1 N–H and O–H groups in total. The van der Waals surface area contributed by atoms with E-state index in [0.717, 1.165) is 12.1 Å². The van der Waals surface area contributed by atoms with E-state index in [1.54, 1.807) is 10.9 Å². The smallest absolute Gasteiger partial charge is 0.146 e. The normalized spacial score (nSPS) is 10.7. The first kappa shape index (κ1) is 12.5. The standard InChI is InChI=1S/C13H15F2N3/c1-3-18-8-10(7-17-18)6-16-13-5-11(14)9(2)4-12(13)15/h4-5,7-8,16H,3,6H2,1-2H3. The minimum absolute atomic E-state index is 0.169. The van der Waals surface area contributed by atoms with Crippen LogP contribution in [0.1, 0.15) is 18.1 Å². The first-order valence-corrected chi connectivity index (χ1v) is 5.81. The summed E-state index contributed by atoms with van der Waals surface area (Å²) in [5, 5.41) is 6.98. The highest BCUT2D eigenvalue weighted by atomic mass is 19.1. The van der Waals surface area contributed by atoms with Gasteiger partial charge in [-0.25, -0.2) is 8.78 Å². The number of rotatable bonds is 4. The SMILES string of the molecule is CCn1cc(CNc2cc(F)c(C)cc2F)cn1. The van der Waals surface area contributed by atoms with Crippen LogP contribution in [0.5, 0.6) is 0 Å². The third kappa shape index (κ3) is 2.67.